The van der Waals surface area contributed by atoms with Crippen LogP contribution in [-0.4, -0.2) is 31.6 Å². The van der Waals surface area contributed by atoms with Gasteiger partial charge in [-0.15, -0.1) is 29.6 Å². The van der Waals surface area contributed by atoms with Gasteiger partial charge in [0, 0.05) is 23.1 Å². The Bertz CT molecular complexity index is 1800. The zero-order valence-corrected chi connectivity index (χ0v) is 25.6. The molecular formula is C33H32F3N5O2S. The molecule has 0 aliphatic carbocycles. The average molecular weight is 620 g/mol. The smallest absolute Gasteiger partial charge is 0.406 e. The Balaban J connectivity index is 1.18. The molecule has 0 bridgehead atoms. The molecule has 5 rings (SSSR count). The van der Waals surface area contributed by atoms with E-state index in [-0.39, 0.29) is 17.6 Å². The number of carbonyl (C=O) groups excluding carboxylic acids is 1. The van der Waals surface area contributed by atoms with Gasteiger partial charge in [-0.25, -0.2) is 9.67 Å². The van der Waals surface area contributed by atoms with Gasteiger partial charge in [0.2, 0.25) is 5.91 Å². The van der Waals surface area contributed by atoms with Crippen molar-refractivity contribution in [2.24, 2.45) is 10.9 Å². The summed E-state index contributed by atoms with van der Waals surface area (Å²) in [5.74, 6) is 0.342. The molecule has 5 aromatic rings. The maximum atomic E-state index is 12.9. The number of thiazole rings is 1. The van der Waals surface area contributed by atoms with E-state index in [1.165, 1.54) is 46.6 Å². The van der Waals surface area contributed by atoms with E-state index in [0.717, 1.165) is 46.5 Å². The van der Waals surface area contributed by atoms with Gasteiger partial charge in [-0.2, -0.15) is 4.99 Å². The Morgan fingerprint density at radius 2 is 1.68 bits per heavy atom. The molecule has 2 aromatic heterocycles. The van der Waals surface area contributed by atoms with E-state index >= 15 is 0 Å². The Kier molecular flexibility index (Phi) is 9.14. The third-order valence-electron chi connectivity index (χ3n) is 7.24. The minimum atomic E-state index is -4.74. The number of nitrogens with zero attached hydrogens (tertiary/aromatic N) is 5. The molecule has 0 saturated heterocycles. The van der Waals surface area contributed by atoms with E-state index in [1.807, 2.05) is 42.6 Å². The molecule has 0 aliphatic heterocycles. The largest absolute Gasteiger partial charge is 0.573 e. The van der Waals surface area contributed by atoms with Crippen LogP contribution >= 0.6 is 11.3 Å². The van der Waals surface area contributed by atoms with Gasteiger partial charge in [-0.3, -0.25) is 9.36 Å². The molecule has 0 spiro atoms. The van der Waals surface area contributed by atoms with Gasteiger partial charge in [-0.1, -0.05) is 49.4 Å². The normalized spacial score (nSPS) is 12.8. The summed E-state index contributed by atoms with van der Waals surface area (Å²) < 4.78 is 44.7. The van der Waals surface area contributed by atoms with Crippen LogP contribution in [0.25, 0.3) is 22.8 Å². The number of halogens is 3. The van der Waals surface area contributed by atoms with Gasteiger partial charge >= 0.3 is 6.36 Å². The van der Waals surface area contributed by atoms with Crippen molar-refractivity contribution in [1.29, 1.82) is 0 Å². The second kappa shape index (κ2) is 13.0. The lowest BCUT2D eigenvalue weighted by atomic mass is 9.96. The van der Waals surface area contributed by atoms with Gasteiger partial charge in [-0.05, 0) is 80.5 Å². The number of hydrogen-bond donors (Lipinski definition) is 0. The van der Waals surface area contributed by atoms with E-state index in [9.17, 15) is 18.0 Å². The molecule has 1 amide bonds. The highest BCUT2D eigenvalue weighted by Gasteiger charge is 2.31. The summed E-state index contributed by atoms with van der Waals surface area (Å²) in [6, 6.07) is 19.5. The van der Waals surface area contributed by atoms with Crippen LogP contribution in [0.15, 0.2) is 83.4 Å². The zero-order chi connectivity index (χ0) is 31.4. The highest BCUT2D eigenvalue weighted by molar-refractivity contribution is 7.07. The number of aryl methyl sites for hydroxylation is 3. The summed E-state index contributed by atoms with van der Waals surface area (Å²) in [6.07, 6.45) is -1.34. The van der Waals surface area contributed by atoms with Gasteiger partial charge < -0.3 is 4.74 Å². The highest BCUT2D eigenvalue weighted by Crippen LogP contribution is 2.25. The minimum absolute atomic E-state index is 0.127. The number of aromatic nitrogens is 4. The number of alkyl halides is 3. The maximum absolute atomic E-state index is 12.9. The number of hydrogen-bond acceptors (Lipinski definition) is 5. The first kappa shape index (κ1) is 30.9. The zero-order valence-electron chi connectivity index (χ0n) is 24.8. The molecule has 0 saturated carbocycles. The van der Waals surface area contributed by atoms with Gasteiger partial charge in [0.05, 0.1) is 11.4 Å². The first-order valence-electron chi connectivity index (χ1n) is 14.2. The van der Waals surface area contributed by atoms with Crippen molar-refractivity contribution in [3.8, 4) is 28.5 Å². The summed E-state index contributed by atoms with van der Waals surface area (Å²) in [7, 11) is 0. The fourth-order valence-electron chi connectivity index (χ4n) is 5.05. The number of amides is 1. The quantitative estimate of drug-likeness (QED) is 0.170. The van der Waals surface area contributed by atoms with Crippen molar-refractivity contribution < 1.29 is 22.7 Å². The summed E-state index contributed by atoms with van der Waals surface area (Å²) in [5.41, 5.74) is 6.90. The van der Waals surface area contributed by atoms with E-state index in [2.05, 4.69) is 57.3 Å². The average Bonchev–Trinajstić information content (AvgIpc) is 3.60. The number of carbonyl (C=O) groups is 1. The maximum Gasteiger partial charge on any atom is 0.573 e. The Hall–Kier alpha value is -4.51. The third kappa shape index (κ3) is 7.52. The fourth-order valence-corrected chi connectivity index (χ4v) is 5.92. The number of benzene rings is 3. The van der Waals surface area contributed by atoms with Gasteiger partial charge in [0.1, 0.15) is 12.1 Å². The first-order valence-corrected chi connectivity index (χ1v) is 15.0. The van der Waals surface area contributed by atoms with Crippen molar-refractivity contribution >= 4 is 17.2 Å². The number of para-hydroxylation sites is 1. The second-order valence-corrected chi connectivity index (χ2v) is 11.7. The van der Waals surface area contributed by atoms with Crippen LogP contribution in [-0.2, 0) is 11.2 Å². The van der Waals surface area contributed by atoms with Crippen molar-refractivity contribution in [2.75, 3.05) is 0 Å². The Morgan fingerprint density at radius 1 is 1.00 bits per heavy atom. The summed E-state index contributed by atoms with van der Waals surface area (Å²) in [6.45, 7) is 8.29. The van der Waals surface area contributed by atoms with Crippen molar-refractivity contribution in [3.05, 3.63) is 106 Å². The van der Waals surface area contributed by atoms with E-state index in [1.54, 1.807) is 0 Å². The van der Waals surface area contributed by atoms with Crippen molar-refractivity contribution in [1.82, 2.24) is 19.3 Å². The van der Waals surface area contributed by atoms with E-state index < -0.39 is 6.36 Å². The van der Waals surface area contributed by atoms with Crippen LogP contribution < -0.4 is 9.54 Å². The van der Waals surface area contributed by atoms with E-state index in [4.69, 9.17) is 0 Å². The van der Waals surface area contributed by atoms with Crippen LogP contribution in [0.3, 0.4) is 0 Å². The van der Waals surface area contributed by atoms with Crippen molar-refractivity contribution in [2.45, 2.75) is 53.3 Å². The van der Waals surface area contributed by atoms with E-state index in [0.29, 0.717) is 22.7 Å². The van der Waals surface area contributed by atoms with Crippen LogP contribution in [0.1, 0.15) is 42.1 Å². The minimum Gasteiger partial charge on any atom is -0.406 e. The third-order valence-corrected chi connectivity index (χ3v) is 8.18. The predicted molar refractivity (Wildman–Crippen MR) is 164 cm³/mol. The molecule has 11 heteroatoms. The lowest BCUT2D eigenvalue weighted by molar-refractivity contribution is -0.274. The molecule has 0 fully saturated rings. The molecule has 2 heterocycles. The molecule has 0 radical (unpaired) electrons. The lowest BCUT2D eigenvalue weighted by Gasteiger charge is -2.13. The van der Waals surface area contributed by atoms with Crippen LogP contribution in [0.5, 0.6) is 5.75 Å². The Morgan fingerprint density at radius 3 is 2.34 bits per heavy atom. The molecule has 0 N–H and O–H groups in total. The van der Waals surface area contributed by atoms with Crippen LogP contribution in [0.2, 0.25) is 0 Å². The van der Waals surface area contributed by atoms with Gasteiger partial charge in [0.15, 0.2) is 10.6 Å². The van der Waals surface area contributed by atoms with Gasteiger partial charge in [0.25, 0.3) is 0 Å². The van der Waals surface area contributed by atoms with Crippen molar-refractivity contribution in [3.63, 3.8) is 0 Å². The number of ether oxygens (including phenoxy) is 1. The predicted octanol–water partition coefficient (Wildman–Crippen LogP) is 7.70. The SMILES string of the molecule is Cc1cccc(C)c1-n1c(C)csc1=NC(=O)CCC(C)Cc1ccc(-c2ncn(-c3ccc(OC(F)(F)F)cc3)n2)cc1. The molecular weight excluding hydrogens is 587 g/mol. The molecule has 3 aromatic carbocycles. The van der Waals surface area contributed by atoms with Crippen LogP contribution in [0.4, 0.5) is 13.2 Å². The monoisotopic (exact) mass is 619 g/mol. The highest BCUT2D eigenvalue weighted by atomic mass is 32.1. The lowest BCUT2D eigenvalue weighted by Crippen LogP contribution is -2.18. The summed E-state index contributed by atoms with van der Waals surface area (Å²) in [5, 5.41) is 6.49. The molecule has 1 unspecified atom stereocenters. The summed E-state index contributed by atoms with van der Waals surface area (Å²) in [4.78, 5) is 22.4. The topological polar surface area (TPSA) is 74.3 Å². The van der Waals surface area contributed by atoms with Crippen LogP contribution in [0, 0.1) is 26.7 Å². The molecule has 7 nitrogen and oxygen atoms in total. The standard InChI is InChI=1S/C33H32F3N5O2S/c1-21(8-17-29(42)38-32-41(24(4)19-44-32)30-22(2)6-5-7-23(30)3)18-25-9-11-26(12-10-25)31-37-20-40(39-31)27-13-15-28(16-14-27)43-33(34,35)36/h5-7,9-16,19-21H,8,17-18H2,1-4H3. The molecule has 1 atom stereocenters. The summed E-state index contributed by atoms with van der Waals surface area (Å²) >= 11 is 1.48. The number of rotatable bonds is 9. The second-order valence-electron chi connectivity index (χ2n) is 10.8. The Labute approximate surface area is 257 Å². The molecule has 228 valence electrons. The fraction of sp³-hybridized carbons (Fsp3) is 0.273. The molecule has 44 heavy (non-hydrogen) atoms. The molecule has 0 aliphatic rings. The first-order chi connectivity index (χ1) is 21.0.